The fourth-order valence-corrected chi connectivity index (χ4v) is 11.4. The van der Waals surface area contributed by atoms with E-state index in [0.29, 0.717) is 17.6 Å². The molecule has 8 aromatic carbocycles. The molecule has 0 bridgehead atoms. The zero-order valence-corrected chi connectivity index (χ0v) is 34.3. The molecule has 3 aliphatic heterocycles. The summed E-state index contributed by atoms with van der Waals surface area (Å²) in [4.78, 5) is 30.4. The highest BCUT2D eigenvalue weighted by Crippen LogP contribution is 2.56. The number of anilines is 9. The minimum atomic E-state index is 0.546. The summed E-state index contributed by atoms with van der Waals surface area (Å²) in [6.07, 6.45) is 0. The molecule has 0 saturated heterocycles. The molecule has 9 aromatic rings. The highest BCUT2D eigenvalue weighted by atomic mass is 32.2. The van der Waals surface area contributed by atoms with E-state index in [1.54, 1.807) is 35.3 Å². The zero-order chi connectivity index (χ0) is 39.6. The number of fused-ring (bicyclic) bond motifs is 6. The van der Waals surface area contributed by atoms with E-state index in [9.17, 15) is 0 Å². The van der Waals surface area contributed by atoms with Crippen LogP contribution in [-0.2, 0) is 0 Å². The van der Waals surface area contributed by atoms with Crippen molar-refractivity contribution in [3.05, 3.63) is 194 Å². The molecule has 0 radical (unpaired) electrons. The van der Waals surface area contributed by atoms with Gasteiger partial charge >= 0.3 is 0 Å². The Bertz CT molecular complexity index is 2860. The number of aromatic nitrogens is 3. The van der Waals surface area contributed by atoms with Gasteiger partial charge in [-0.3, -0.25) is 4.90 Å². The van der Waals surface area contributed by atoms with Crippen LogP contribution in [0, 0.1) is 0 Å². The van der Waals surface area contributed by atoms with E-state index in [0.717, 1.165) is 66.4 Å². The van der Waals surface area contributed by atoms with Crippen molar-refractivity contribution in [2.75, 3.05) is 14.7 Å². The number of hydrogen-bond donors (Lipinski definition) is 0. The van der Waals surface area contributed by atoms with Gasteiger partial charge in [-0.05, 0) is 97.1 Å². The third-order valence-electron chi connectivity index (χ3n) is 10.9. The molecule has 1 aromatic heterocycles. The van der Waals surface area contributed by atoms with Crippen molar-refractivity contribution in [1.82, 2.24) is 15.0 Å². The number of hydrogen-bond acceptors (Lipinski definition) is 9. The number of rotatable bonds is 5. The van der Waals surface area contributed by atoms with Crippen LogP contribution in [-0.4, -0.2) is 15.0 Å². The largest absolute Gasteiger partial charge is 0.307 e. The Morgan fingerprint density at radius 1 is 0.250 bits per heavy atom. The van der Waals surface area contributed by atoms with Crippen LogP contribution in [0.25, 0.3) is 22.8 Å². The van der Waals surface area contributed by atoms with Gasteiger partial charge in [-0.2, -0.15) is 9.97 Å². The van der Waals surface area contributed by atoms with Gasteiger partial charge < -0.3 is 9.80 Å². The van der Waals surface area contributed by atoms with E-state index in [1.807, 2.05) is 0 Å². The average molecular weight is 825 g/mol. The molecule has 0 N–H and O–H groups in total. The van der Waals surface area contributed by atoms with Crippen molar-refractivity contribution < 1.29 is 0 Å². The fraction of sp³-hybridized carbons (Fsp3) is 0. The number of para-hydroxylation sites is 8. The van der Waals surface area contributed by atoms with Gasteiger partial charge in [0.1, 0.15) is 0 Å². The molecule has 9 heteroatoms. The monoisotopic (exact) mass is 824 g/mol. The molecule has 60 heavy (non-hydrogen) atoms. The number of nitrogens with zero attached hydrogens (tertiary/aromatic N) is 6. The Morgan fingerprint density at radius 3 is 0.817 bits per heavy atom. The minimum Gasteiger partial charge on any atom is -0.307 e. The molecule has 0 aliphatic carbocycles. The summed E-state index contributed by atoms with van der Waals surface area (Å²) < 4.78 is 0. The summed E-state index contributed by atoms with van der Waals surface area (Å²) in [5.41, 5.74) is 10.3. The van der Waals surface area contributed by atoms with E-state index >= 15 is 0 Å². The normalized spacial score (nSPS) is 13.4. The van der Waals surface area contributed by atoms with E-state index < -0.39 is 0 Å². The SMILES string of the molecule is c1ccc2c(c1)Sc1ccccc1N2c1nc(-c2ccccc2N2c3ccccc3Sc3ccccc32)nc(-c2ccccc2N2c3ccccc3Sc3ccccc32)n1. The Hall–Kier alpha value is -6.78. The Morgan fingerprint density at radius 2 is 0.500 bits per heavy atom. The summed E-state index contributed by atoms with van der Waals surface area (Å²) >= 11 is 5.36. The molecule has 3 aliphatic rings. The van der Waals surface area contributed by atoms with Crippen LogP contribution in [0.2, 0.25) is 0 Å². The lowest BCUT2D eigenvalue weighted by Gasteiger charge is -2.34. The van der Waals surface area contributed by atoms with Crippen LogP contribution in [0.15, 0.2) is 223 Å². The maximum absolute atomic E-state index is 5.50. The summed E-state index contributed by atoms with van der Waals surface area (Å²) in [7, 11) is 0. The third kappa shape index (κ3) is 5.80. The predicted molar refractivity (Wildman–Crippen MR) is 247 cm³/mol. The maximum Gasteiger partial charge on any atom is 0.238 e. The van der Waals surface area contributed by atoms with Crippen molar-refractivity contribution in [2.24, 2.45) is 0 Å². The molecule has 4 heterocycles. The van der Waals surface area contributed by atoms with E-state index in [-0.39, 0.29) is 0 Å². The zero-order valence-electron chi connectivity index (χ0n) is 31.9. The molecule has 0 atom stereocenters. The van der Waals surface area contributed by atoms with Gasteiger partial charge in [0.05, 0.1) is 45.5 Å². The van der Waals surface area contributed by atoms with Gasteiger partial charge in [0.2, 0.25) is 5.95 Å². The van der Waals surface area contributed by atoms with E-state index in [4.69, 9.17) is 15.0 Å². The second-order valence-electron chi connectivity index (χ2n) is 14.4. The van der Waals surface area contributed by atoms with Crippen molar-refractivity contribution >= 4 is 86.7 Å². The minimum absolute atomic E-state index is 0.546. The van der Waals surface area contributed by atoms with Crippen LogP contribution >= 0.6 is 35.3 Å². The summed E-state index contributed by atoms with van der Waals surface area (Å²) in [6, 6.07) is 68.4. The average Bonchev–Trinajstić information content (AvgIpc) is 3.31. The molecular formula is C51H32N6S3. The molecule has 0 unspecified atom stereocenters. The van der Waals surface area contributed by atoms with Crippen molar-refractivity contribution in [3.8, 4) is 22.8 Å². The summed E-state index contributed by atoms with van der Waals surface area (Å²) in [6.45, 7) is 0. The maximum atomic E-state index is 5.50. The Kier molecular flexibility index (Phi) is 8.50. The van der Waals surface area contributed by atoms with Crippen LogP contribution in [0.5, 0.6) is 0 Å². The van der Waals surface area contributed by atoms with Crippen LogP contribution < -0.4 is 14.7 Å². The smallest absolute Gasteiger partial charge is 0.238 e. The fourth-order valence-electron chi connectivity index (χ4n) is 8.27. The summed E-state index contributed by atoms with van der Waals surface area (Å²) in [5, 5.41) is 0. The van der Waals surface area contributed by atoms with Crippen LogP contribution in [0.1, 0.15) is 0 Å². The molecule has 6 nitrogen and oxygen atoms in total. The van der Waals surface area contributed by atoms with Crippen molar-refractivity contribution in [2.45, 2.75) is 29.4 Å². The van der Waals surface area contributed by atoms with Gasteiger partial charge in [0.25, 0.3) is 0 Å². The lowest BCUT2D eigenvalue weighted by molar-refractivity contribution is 1.00. The summed E-state index contributed by atoms with van der Waals surface area (Å²) in [5.74, 6) is 1.71. The molecule has 0 fully saturated rings. The van der Waals surface area contributed by atoms with Crippen molar-refractivity contribution in [1.29, 1.82) is 0 Å². The first-order valence-electron chi connectivity index (χ1n) is 19.7. The lowest BCUT2D eigenvalue weighted by atomic mass is 10.1. The first-order chi connectivity index (χ1) is 29.8. The van der Waals surface area contributed by atoms with Crippen LogP contribution in [0.4, 0.5) is 51.4 Å². The van der Waals surface area contributed by atoms with Gasteiger partial charge in [-0.25, -0.2) is 4.98 Å². The topological polar surface area (TPSA) is 48.4 Å². The Balaban J connectivity index is 1.12. The molecular weight excluding hydrogens is 793 g/mol. The first kappa shape index (κ1) is 35.2. The predicted octanol–water partition coefficient (Wildman–Crippen LogP) is 15.0. The standard InChI is InChI=1S/C51H32N6S3/c1-3-19-35(55-37-21-5-11-27-43(37)58-44-28-12-6-22-38(44)55)33(17-1)49-52-50(54-51(53-49)57-41-25-9-15-31-47(41)60-48-32-16-10-26-42(48)57)34-18-2-4-20-36(34)56-39-23-7-13-29-45(39)59-46-30-14-8-24-40(46)56/h1-32H. The molecule has 0 amide bonds. The second kappa shape index (κ2) is 14.5. The van der Waals surface area contributed by atoms with E-state index in [2.05, 4.69) is 209 Å². The van der Waals surface area contributed by atoms with Gasteiger partial charge in [0, 0.05) is 40.5 Å². The van der Waals surface area contributed by atoms with Crippen LogP contribution in [0.3, 0.4) is 0 Å². The van der Waals surface area contributed by atoms with Gasteiger partial charge in [-0.15, -0.1) is 0 Å². The van der Waals surface area contributed by atoms with Gasteiger partial charge in [-0.1, -0.05) is 132 Å². The highest BCUT2D eigenvalue weighted by molar-refractivity contribution is 8.00. The quantitative estimate of drug-likeness (QED) is 0.169. The first-order valence-corrected chi connectivity index (χ1v) is 22.1. The number of benzene rings is 8. The second-order valence-corrected chi connectivity index (χ2v) is 17.7. The molecule has 0 spiro atoms. The molecule has 12 rings (SSSR count). The Labute approximate surface area is 360 Å². The van der Waals surface area contributed by atoms with Gasteiger partial charge in [0.15, 0.2) is 11.6 Å². The third-order valence-corrected chi connectivity index (χ3v) is 14.3. The lowest BCUT2D eigenvalue weighted by Crippen LogP contribution is -2.20. The molecule has 284 valence electrons. The molecule has 0 saturated carbocycles. The van der Waals surface area contributed by atoms with Crippen molar-refractivity contribution in [3.63, 3.8) is 0 Å². The van der Waals surface area contributed by atoms with E-state index in [1.165, 1.54) is 19.6 Å². The highest BCUT2D eigenvalue weighted by Gasteiger charge is 2.32.